The zero-order valence-corrected chi connectivity index (χ0v) is 39.6. The number of methoxy groups -OCH3 is 1. The third kappa shape index (κ3) is 9.72. The molecule has 2 unspecified atom stereocenters. The van der Waals surface area contributed by atoms with Gasteiger partial charge in [-0.05, 0) is 154 Å². The van der Waals surface area contributed by atoms with Crippen molar-refractivity contribution in [2.75, 3.05) is 37.5 Å². The number of hydrogen-bond acceptors (Lipinski definition) is 8. The molecule has 1 N–H and O–H groups in total. The summed E-state index contributed by atoms with van der Waals surface area (Å²) in [5.41, 5.74) is 6.93. The predicted molar refractivity (Wildman–Crippen MR) is 258 cm³/mol. The number of benzene rings is 4. The molecule has 8 rings (SSSR count). The van der Waals surface area contributed by atoms with Crippen LogP contribution in [0, 0.1) is 5.92 Å². The van der Waals surface area contributed by atoms with Gasteiger partial charge in [-0.15, -0.1) is 0 Å². The summed E-state index contributed by atoms with van der Waals surface area (Å²) in [6.07, 6.45) is 7.55. The third-order valence-corrected chi connectivity index (χ3v) is 14.0. The van der Waals surface area contributed by atoms with E-state index >= 15 is 0 Å². The van der Waals surface area contributed by atoms with Gasteiger partial charge in [-0.2, -0.15) is 0 Å². The standard InChI is InChI=1S/C52H61ClN6O7/c1-32(2)66-46-30-41-36(28-45(46)65-6)29-49(62)58(50(41)35-14-16-37(53)17-15-35)40-22-20-38(21-23-40)55(3)31-34-11-18-39(19-12-34)56(4)48(61)10-8-7-9-33-13-24-42-44(27-33)57(5)52(64)59(42)43-25-26-47(60)54-51(43)63/h13-17,20-24,27-28,30,32,34,39,43,50H,7-12,18-19,25-26,29,31H2,1-6H3,(H,54,60,63)/t34-,39-,43?,50?. The van der Waals surface area contributed by atoms with Gasteiger partial charge in [0.2, 0.25) is 23.6 Å². The molecular formula is C52H61ClN6O7. The van der Waals surface area contributed by atoms with Gasteiger partial charge < -0.3 is 24.2 Å². The van der Waals surface area contributed by atoms with Crippen LogP contribution in [-0.4, -0.2) is 77.6 Å². The summed E-state index contributed by atoms with van der Waals surface area (Å²) < 4.78 is 14.9. The van der Waals surface area contributed by atoms with E-state index in [-0.39, 0.29) is 48.4 Å². The Morgan fingerprint density at radius 2 is 1.59 bits per heavy atom. The molecule has 4 amide bonds. The summed E-state index contributed by atoms with van der Waals surface area (Å²) in [4.78, 5) is 71.0. The van der Waals surface area contributed by atoms with Gasteiger partial charge in [0.05, 0.1) is 36.7 Å². The van der Waals surface area contributed by atoms with Crippen molar-refractivity contribution >= 4 is 57.6 Å². The number of imidazole rings is 1. The SMILES string of the molecule is COc1cc2c(cc1OC(C)C)C(c1ccc(Cl)cc1)N(c1ccc(N(C)C[C@H]3CC[C@H](N(C)C(=O)CCCCc4ccc5c(c4)n(C)c(=O)n5C4CCC(=O)NC4=O)CC3)cc1)C(=O)C2. The molecule has 3 heterocycles. The fourth-order valence-electron chi connectivity index (χ4n) is 10.2. The number of ether oxygens (including phenoxy) is 2. The maximum Gasteiger partial charge on any atom is 0.329 e. The number of halogens is 1. The highest BCUT2D eigenvalue weighted by atomic mass is 35.5. The summed E-state index contributed by atoms with van der Waals surface area (Å²) in [5, 5.41) is 2.98. The Bertz CT molecular complexity index is 2670. The number of aryl methyl sites for hydroxylation is 2. The normalized spacial score (nSPS) is 19.8. The summed E-state index contributed by atoms with van der Waals surface area (Å²) in [7, 11) is 7.38. The van der Waals surface area contributed by atoms with E-state index in [1.807, 2.05) is 97.4 Å². The van der Waals surface area contributed by atoms with Crippen molar-refractivity contribution in [2.24, 2.45) is 13.0 Å². The number of carbonyl (C=O) groups excluding carboxylic acids is 4. The van der Waals surface area contributed by atoms with Gasteiger partial charge >= 0.3 is 5.69 Å². The first kappa shape index (κ1) is 46.4. The van der Waals surface area contributed by atoms with Gasteiger partial charge in [0.25, 0.3) is 0 Å². The maximum absolute atomic E-state index is 14.1. The van der Waals surface area contributed by atoms with E-state index in [1.54, 1.807) is 18.7 Å². The highest BCUT2D eigenvalue weighted by Crippen LogP contribution is 2.44. The Morgan fingerprint density at radius 1 is 0.864 bits per heavy atom. The minimum atomic E-state index is -0.712. The molecule has 1 saturated carbocycles. The van der Waals surface area contributed by atoms with E-state index in [0.29, 0.717) is 40.8 Å². The van der Waals surface area contributed by atoms with E-state index in [4.69, 9.17) is 21.1 Å². The first-order valence-electron chi connectivity index (χ1n) is 23.3. The number of unbranched alkanes of at least 4 members (excludes halogenated alkanes) is 1. The van der Waals surface area contributed by atoms with Crippen LogP contribution < -0.4 is 30.3 Å². The first-order valence-corrected chi connectivity index (χ1v) is 23.6. The number of aromatic nitrogens is 2. The molecular weight excluding hydrogens is 856 g/mol. The molecule has 1 saturated heterocycles. The summed E-state index contributed by atoms with van der Waals surface area (Å²) in [6.45, 7) is 4.86. The lowest BCUT2D eigenvalue weighted by molar-refractivity contribution is -0.136. The molecule has 14 heteroatoms. The fraction of sp³-hybridized carbons (Fsp3) is 0.442. The van der Waals surface area contributed by atoms with E-state index in [2.05, 4.69) is 29.4 Å². The number of nitrogens with one attached hydrogen (secondary N) is 1. The Hall–Kier alpha value is -6.08. The van der Waals surface area contributed by atoms with Gasteiger partial charge in [0, 0.05) is 63.0 Å². The number of carbonyl (C=O) groups is 4. The Labute approximate surface area is 391 Å². The highest BCUT2D eigenvalue weighted by molar-refractivity contribution is 6.30. The molecule has 13 nitrogen and oxygen atoms in total. The minimum Gasteiger partial charge on any atom is -0.493 e. The second-order valence-electron chi connectivity index (χ2n) is 18.5. The van der Waals surface area contributed by atoms with Crippen molar-refractivity contribution in [3.05, 3.63) is 117 Å². The molecule has 0 spiro atoms. The Kier molecular flexibility index (Phi) is 13.9. The summed E-state index contributed by atoms with van der Waals surface area (Å²) in [6, 6.07) is 24.9. The Morgan fingerprint density at radius 3 is 2.27 bits per heavy atom. The van der Waals surface area contributed by atoms with E-state index < -0.39 is 18.0 Å². The van der Waals surface area contributed by atoms with Crippen LogP contribution in [0.2, 0.25) is 5.02 Å². The number of hydrogen-bond donors (Lipinski definition) is 1. The molecule has 0 bridgehead atoms. The number of imide groups is 1. The number of nitrogens with zero attached hydrogens (tertiary/aromatic N) is 5. The molecule has 1 aliphatic carbocycles. The first-order chi connectivity index (χ1) is 31.7. The topological polar surface area (TPSA) is 135 Å². The molecule has 2 atom stereocenters. The van der Waals surface area contributed by atoms with Crippen molar-refractivity contribution in [3.63, 3.8) is 0 Å². The van der Waals surface area contributed by atoms with E-state index in [1.165, 1.54) is 4.57 Å². The Balaban J connectivity index is 0.835. The van der Waals surface area contributed by atoms with Gasteiger partial charge in [0.1, 0.15) is 6.04 Å². The number of piperidine rings is 1. The molecule has 5 aromatic rings. The van der Waals surface area contributed by atoms with Crippen LogP contribution in [0.3, 0.4) is 0 Å². The molecule has 2 fully saturated rings. The number of rotatable bonds is 15. The third-order valence-electron chi connectivity index (χ3n) is 13.8. The van der Waals surface area contributed by atoms with Crippen LogP contribution in [-0.2, 0) is 39.1 Å². The van der Waals surface area contributed by atoms with Crippen LogP contribution >= 0.6 is 11.6 Å². The van der Waals surface area contributed by atoms with E-state index in [0.717, 1.165) is 90.6 Å². The molecule has 4 aromatic carbocycles. The van der Waals surface area contributed by atoms with Gasteiger partial charge in [-0.25, -0.2) is 4.79 Å². The van der Waals surface area contributed by atoms with Crippen LogP contribution in [0.5, 0.6) is 11.5 Å². The lowest BCUT2D eigenvalue weighted by Gasteiger charge is -2.38. The average Bonchev–Trinajstić information content (AvgIpc) is 3.54. The number of amides is 4. The zero-order valence-electron chi connectivity index (χ0n) is 38.8. The smallest absolute Gasteiger partial charge is 0.329 e. The van der Waals surface area contributed by atoms with Crippen molar-refractivity contribution in [3.8, 4) is 11.5 Å². The van der Waals surface area contributed by atoms with Gasteiger partial charge in [-0.1, -0.05) is 29.8 Å². The zero-order chi connectivity index (χ0) is 46.8. The van der Waals surface area contributed by atoms with Crippen molar-refractivity contribution in [1.82, 2.24) is 19.4 Å². The highest BCUT2D eigenvalue weighted by Gasteiger charge is 2.37. The largest absolute Gasteiger partial charge is 0.493 e. The monoisotopic (exact) mass is 916 g/mol. The molecule has 2 aliphatic heterocycles. The van der Waals surface area contributed by atoms with Gasteiger partial charge in [0.15, 0.2) is 11.5 Å². The predicted octanol–water partition coefficient (Wildman–Crippen LogP) is 8.31. The average molecular weight is 918 g/mol. The molecule has 348 valence electrons. The maximum atomic E-state index is 14.1. The molecule has 3 aliphatic rings. The number of fused-ring (bicyclic) bond motifs is 2. The molecule has 66 heavy (non-hydrogen) atoms. The summed E-state index contributed by atoms with van der Waals surface area (Å²) in [5.74, 6) is 1.16. The van der Waals surface area contributed by atoms with Crippen LogP contribution in [0.1, 0.15) is 106 Å². The minimum absolute atomic E-state index is 0.00559. The van der Waals surface area contributed by atoms with Crippen molar-refractivity contribution < 1.29 is 28.7 Å². The van der Waals surface area contributed by atoms with Crippen LogP contribution in [0.4, 0.5) is 11.4 Å². The van der Waals surface area contributed by atoms with Crippen LogP contribution in [0.15, 0.2) is 83.7 Å². The van der Waals surface area contributed by atoms with Gasteiger partial charge in [-0.3, -0.25) is 33.6 Å². The summed E-state index contributed by atoms with van der Waals surface area (Å²) >= 11 is 6.32. The lowest BCUT2D eigenvalue weighted by atomic mass is 9.85. The quantitative estimate of drug-likeness (QED) is 0.0819. The number of anilines is 2. The lowest BCUT2D eigenvalue weighted by Crippen LogP contribution is -2.44. The van der Waals surface area contributed by atoms with Crippen molar-refractivity contribution in [1.29, 1.82) is 0 Å². The molecule has 1 aromatic heterocycles. The molecule has 0 radical (unpaired) electrons. The van der Waals surface area contributed by atoms with Crippen LogP contribution in [0.25, 0.3) is 11.0 Å². The van der Waals surface area contributed by atoms with E-state index in [9.17, 15) is 24.0 Å². The second-order valence-corrected chi connectivity index (χ2v) is 19.0. The second kappa shape index (κ2) is 19.8. The van der Waals surface area contributed by atoms with Crippen molar-refractivity contribution in [2.45, 2.75) is 109 Å². The fourth-order valence-corrected chi connectivity index (χ4v) is 10.3.